The van der Waals surface area contributed by atoms with Crippen LogP contribution >= 0.6 is 11.6 Å². The first kappa shape index (κ1) is 19.8. The fourth-order valence-corrected chi connectivity index (χ4v) is 4.52. The molecule has 2 aromatic carbocycles. The van der Waals surface area contributed by atoms with E-state index in [-0.39, 0.29) is 11.9 Å². The smallest absolute Gasteiger partial charge is 0.287 e. The quantitative estimate of drug-likeness (QED) is 0.649. The zero-order valence-electron chi connectivity index (χ0n) is 16.8. The standard InChI is InChI=1S/C23H25ClN2O3/c1-15-16-9-7-10-18(24)22(16)29-21(15)23(27)25-14-19(26-12-5-6-13-26)17-8-3-4-11-20(17)28-2/h3-4,7-11,19H,5-6,12-14H2,1-2H3,(H,25,27)/p+1/t19-/m1/s1. The lowest BCUT2D eigenvalue weighted by molar-refractivity contribution is -0.918. The number of quaternary nitrogens is 1. The highest BCUT2D eigenvalue weighted by atomic mass is 35.5. The van der Waals surface area contributed by atoms with E-state index >= 15 is 0 Å². The van der Waals surface area contributed by atoms with Gasteiger partial charge in [-0.25, -0.2) is 0 Å². The van der Waals surface area contributed by atoms with Gasteiger partial charge in [0.25, 0.3) is 5.91 Å². The fraction of sp³-hybridized carbons (Fsp3) is 0.348. The van der Waals surface area contributed by atoms with Crippen LogP contribution in [0.4, 0.5) is 0 Å². The van der Waals surface area contributed by atoms with Crippen molar-refractivity contribution < 1.29 is 18.8 Å². The SMILES string of the molecule is COc1ccccc1[C@@H](CNC(=O)c1oc2c(Cl)cccc2c1C)[NH+]1CCCC1. The van der Waals surface area contributed by atoms with E-state index in [9.17, 15) is 4.79 Å². The van der Waals surface area contributed by atoms with E-state index in [1.165, 1.54) is 17.7 Å². The average molecular weight is 414 g/mol. The van der Waals surface area contributed by atoms with E-state index < -0.39 is 0 Å². The molecule has 2 heterocycles. The van der Waals surface area contributed by atoms with Gasteiger partial charge in [-0.2, -0.15) is 0 Å². The average Bonchev–Trinajstić information content (AvgIpc) is 3.38. The first-order chi connectivity index (χ1) is 14.1. The predicted molar refractivity (Wildman–Crippen MR) is 114 cm³/mol. The van der Waals surface area contributed by atoms with Gasteiger partial charge in [0.1, 0.15) is 11.8 Å². The molecule has 1 amide bonds. The molecule has 0 saturated carbocycles. The lowest BCUT2D eigenvalue weighted by Gasteiger charge is -2.26. The molecule has 6 heteroatoms. The van der Waals surface area contributed by atoms with Crippen molar-refractivity contribution >= 4 is 28.5 Å². The Kier molecular flexibility index (Phi) is 5.79. The number of amides is 1. The third-order valence-electron chi connectivity index (χ3n) is 5.84. The number of hydrogen-bond acceptors (Lipinski definition) is 3. The van der Waals surface area contributed by atoms with Crippen molar-refractivity contribution in [1.82, 2.24) is 5.32 Å². The molecule has 2 N–H and O–H groups in total. The van der Waals surface area contributed by atoms with Crippen LogP contribution in [0.2, 0.25) is 5.02 Å². The topological polar surface area (TPSA) is 55.9 Å². The van der Waals surface area contributed by atoms with Gasteiger partial charge in [-0.05, 0) is 25.1 Å². The number of fused-ring (bicyclic) bond motifs is 1. The van der Waals surface area contributed by atoms with Crippen molar-refractivity contribution in [3.8, 4) is 5.75 Å². The van der Waals surface area contributed by atoms with Crippen molar-refractivity contribution in [3.63, 3.8) is 0 Å². The van der Waals surface area contributed by atoms with Crippen molar-refractivity contribution in [3.05, 3.63) is 64.4 Å². The van der Waals surface area contributed by atoms with Gasteiger partial charge < -0.3 is 19.4 Å². The number of aryl methyl sites for hydroxylation is 1. The number of ether oxygens (including phenoxy) is 1. The van der Waals surface area contributed by atoms with Crippen LogP contribution in [0.1, 0.15) is 40.6 Å². The zero-order chi connectivity index (χ0) is 20.4. The number of likely N-dealkylation sites (tertiary alicyclic amines) is 1. The summed E-state index contributed by atoms with van der Waals surface area (Å²) in [6, 6.07) is 13.7. The number of para-hydroxylation sites is 2. The summed E-state index contributed by atoms with van der Waals surface area (Å²) >= 11 is 6.23. The third kappa shape index (κ3) is 3.85. The van der Waals surface area contributed by atoms with Crippen LogP contribution in [-0.4, -0.2) is 32.7 Å². The van der Waals surface area contributed by atoms with Gasteiger partial charge in [0.05, 0.1) is 37.3 Å². The zero-order valence-corrected chi connectivity index (χ0v) is 17.5. The number of carbonyl (C=O) groups is 1. The van der Waals surface area contributed by atoms with Crippen LogP contribution in [0.5, 0.6) is 5.75 Å². The van der Waals surface area contributed by atoms with Gasteiger partial charge in [0.2, 0.25) is 0 Å². The molecule has 0 radical (unpaired) electrons. The normalized spacial score (nSPS) is 15.6. The van der Waals surface area contributed by atoms with Crippen LogP contribution in [0.25, 0.3) is 11.0 Å². The molecule has 3 aromatic rings. The molecule has 1 aliphatic rings. The Morgan fingerprint density at radius 2 is 1.97 bits per heavy atom. The summed E-state index contributed by atoms with van der Waals surface area (Å²) < 4.78 is 11.4. The number of furan rings is 1. The highest BCUT2D eigenvalue weighted by molar-refractivity contribution is 6.35. The monoisotopic (exact) mass is 413 g/mol. The number of halogens is 1. The molecule has 1 fully saturated rings. The lowest BCUT2D eigenvalue weighted by atomic mass is 10.0. The van der Waals surface area contributed by atoms with Crippen LogP contribution < -0.4 is 15.0 Å². The number of hydrogen-bond donors (Lipinski definition) is 2. The first-order valence-electron chi connectivity index (χ1n) is 10.0. The third-order valence-corrected chi connectivity index (χ3v) is 6.14. The molecule has 29 heavy (non-hydrogen) atoms. The largest absolute Gasteiger partial charge is 0.496 e. The van der Waals surface area contributed by atoms with Gasteiger partial charge in [-0.3, -0.25) is 4.79 Å². The van der Waals surface area contributed by atoms with Crippen molar-refractivity contribution in [1.29, 1.82) is 0 Å². The van der Waals surface area contributed by atoms with Crippen LogP contribution in [0.3, 0.4) is 0 Å². The minimum atomic E-state index is -0.215. The summed E-state index contributed by atoms with van der Waals surface area (Å²) in [7, 11) is 1.69. The molecule has 152 valence electrons. The molecule has 5 nitrogen and oxygen atoms in total. The predicted octanol–water partition coefficient (Wildman–Crippen LogP) is 3.55. The van der Waals surface area contributed by atoms with E-state index in [0.29, 0.717) is 22.9 Å². The van der Waals surface area contributed by atoms with E-state index in [0.717, 1.165) is 35.4 Å². The van der Waals surface area contributed by atoms with E-state index in [4.69, 9.17) is 20.8 Å². The molecule has 4 rings (SSSR count). The maximum absolute atomic E-state index is 13.0. The van der Waals surface area contributed by atoms with E-state index in [1.54, 1.807) is 13.2 Å². The molecule has 0 aliphatic carbocycles. The van der Waals surface area contributed by atoms with Gasteiger partial charge >= 0.3 is 0 Å². The molecule has 0 bridgehead atoms. The molecular formula is C23H26ClN2O3+. The summed E-state index contributed by atoms with van der Waals surface area (Å²) in [4.78, 5) is 14.4. The number of methoxy groups -OCH3 is 1. The summed E-state index contributed by atoms with van der Waals surface area (Å²) in [5.41, 5.74) is 2.49. The highest BCUT2D eigenvalue weighted by Gasteiger charge is 2.30. The second kappa shape index (κ2) is 8.47. The molecule has 1 aliphatic heterocycles. The Balaban J connectivity index is 1.58. The van der Waals surface area contributed by atoms with Gasteiger partial charge in [-0.15, -0.1) is 0 Å². The van der Waals surface area contributed by atoms with Gasteiger partial charge in [0.15, 0.2) is 11.3 Å². The number of nitrogens with one attached hydrogen (secondary N) is 2. The minimum absolute atomic E-state index is 0.130. The second-order valence-electron chi connectivity index (χ2n) is 7.54. The van der Waals surface area contributed by atoms with Gasteiger partial charge in [-0.1, -0.05) is 35.9 Å². The Hall–Kier alpha value is -2.50. The summed E-state index contributed by atoms with van der Waals surface area (Å²) in [5.74, 6) is 0.967. The molecule has 1 aromatic heterocycles. The van der Waals surface area contributed by atoms with Crippen molar-refractivity contribution in [2.24, 2.45) is 0 Å². The van der Waals surface area contributed by atoms with E-state index in [2.05, 4.69) is 11.4 Å². The van der Waals surface area contributed by atoms with Crippen molar-refractivity contribution in [2.45, 2.75) is 25.8 Å². The van der Waals surface area contributed by atoms with Crippen molar-refractivity contribution in [2.75, 3.05) is 26.7 Å². The Bertz CT molecular complexity index is 1020. The molecule has 0 spiro atoms. The Morgan fingerprint density at radius 1 is 1.21 bits per heavy atom. The molecule has 0 unspecified atom stereocenters. The number of benzene rings is 2. The van der Waals surface area contributed by atoms with Crippen LogP contribution in [-0.2, 0) is 0 Å². The Labute approximate surface area is 175 Å². The van der Waals surface area contributed by atoms with Crippen LogP contribution in [0, 0.1) is 6.92 Å². The number of rotatable bonds is 6. The van der Waals surface area contributed by atoms with E-state index in [1.807, 2.05) is 37.3 Å². The minimum Gasteiger partial charge on any atom is -0.496 e. The highest BCUT2D eigenvalue weighted by Crippen LogP contribution is 2.30. The molecule has 1 saturated heterocycles. The second-order valence-corrected chi connectivity index (χ2v) is 7.95. The summed E-state index contributed by atoms with van der Waals surface area (Å²) in [5, 5.41) is 4.48. The molecular weight excluding hydrogens is 388 g/mol. The molecule has 1 atom stereocenters. The lowest BCUT2D eigenvalue weighted by Crippen LogP contribution is -3.11. The van der Waals surface area contributed by atoms with Crippen LogP contribution in [0.15, 0.2) is 46.9 Å². The maximum atomic E-state index is 13.0. The first-order valence-corrected chi connectivity index (χ1v) is 10.4. The maximum Gasteiger partial charge on any atom is 0.287 e. The summed E-state index contributed by atoms with van der Waals surface area (Å²) in [6.07, 6.45) is 2.41. The fourth-order valence-electron chi connectivity index (χ4n) is 4.31. The van der Waals surface area contributed by atoms with Gasteiger partial charge in [0, 0.05) is 23.8 Å². The number of carbonyl (C=O) groups excluding carboxylic acids is 1. The summed E-state index contributed by atoms with van der Waals surface area (Å²) in [6.45, 7) is 4.59. The Morgan fingerprint density at radius 3 is 2.69 bits per heavy atom.